The van der Waals surface area contributed by atoms with Crippen LogP contribution in [0.3, 0.4) is 0 Å². The lowest BCUT2D eigenvalue weighted by atomic mass is 10.1. The number of anilines is 1. The highest BCUT2D eigenvalue weighted by atomic mass is 16.6. The van der Waals surface area contributed by atoms with Gasteiger partial charge in [0, 0.05) is 18.8 Å². The predicted molar refractivity (Wildman–Crippen MR) is 128 cm³/mol. The molecule has 1 aromatic carbocycles. The van der Waals surface area contributed by atoms with E-state index in [1.165, 1.54) is 0 Å². The number of amides is 2. The molecule has 0 unspecified atom stereocenters. The van der Waals surface area contributed by atoms with Crippen molar-refractivity contribution in [3.63, 3.8) is 0 Å². The van der Waals surface area contributed by atoms with Gasteiger partial charge >= 0.3 is 12.2 Å². The van der Waals surface area contributed by atoms with Crippen LogP contribution in [0.4, 0.5) is 15.4 Å². The van der Waals surface area contributed by atoms with E-state index in [0.717, 1.165) is 30.4 Å². The number of rotatable bonds is 6. The van der Waals surface area contributed by atoms with Crippen molar-refractivity contribution in [3.8, 4) is 0 Å². The first-order valence-electron chi connectivity index (χ1n) is 11.6. The predicted octanol–water partition coefficient (Wildman–Crippen LogP) is 6.10. The van der Waals surface area contributed by atoms with Crippen molar-refractivity contribution >= 4 is 18.0 Å². The maximum atomic E-state index is 12.8. The lowest BCUT2D eigenvalue weighted by Gasteiger charge is -2.31. The molecular weight excluding hydrogens is 418 g/mol. The molecule has 7 nitrogen and oxygen atoms in total. The average Bonchev–Trinajstić information content (AvgIpc) is 3.27. The van der Waals surface area contributed by atoms with Crippen LogP contribution in [0.5, 0.6) is 0 Å². The molecule has 1 saturated heterocycles. The highest BCUT2D eigenvalue weighted by Crippen LogP contribution is 2.33. The van der Waals surface area contributed by atoms with Crippen LogP contribution in [-0.4, -0.2) is 40.3 Å². The van der Waals surface area contributed by atoms with Crippen LogP contribution in [0, 0.1) is 0 Å². The molecule has 0 saturated carbocycles. The smallest absolute Gasteiger partial charge is 0.416 e. The van der Waals surface area contributed by atoms with Crippen molar-refractivity contribution in [2.75, 3.05) is 11.4 Å². The number of hydrogen-bond donors (Lipinski definition) is 0. The van der Waals surface area contributed by atoms with E-state index in [4.69, 9.17) is 9.47 Å². The molecule has 0 N–H and O–H groups in total. The molecule has 2 heterocycles. The van der Waals surface area contributed by atoms with E-state index >= 15 is 0 Å². The first-order chi connectivity index (χ1) is 15.7. The number of likely N-dealkylation sites (tertiary alicyclic amines) is 1. The summed E-state index contributed by atoms with van der Waals surface area (Å²) in [6.07, 6.45) is 3.55. The molecule has 0 bridgehead atoms. The molecule has 2 atom stereocenters. The lowest BCUT2D eigenvalue weighted by Crippen LogP contribution is -2.42. The van der Waals surface area contributed by atoms with Crippen molar-refractivity contribution in [3.05, 3.63) is 59.8 Å². The number of ether oxygens (including phenoxy) is 2. The minimum absolute atomic E-state index is 0.0610. The largest absolute Gasteiger partial charge is 0.445 e. The van der Waals surface area contributed by atoms with Gasteiger partial charge in [0.1, 0.15) is 18.0 Å². The molecule has 0 radical (unpaired) electrons. The van der Waals surface area contributed by atoms with E-state index in [1.807, 2.05) is 77.1 Å². The Morgan fingerprint density at radius 2 is 1.91 bits per heavy atom. The summed E-state index contributed by atoms with van der Waals surface area (Å²) in [5.74, 6) is 0.540. The third-order valence-corrected chi connectivity index (χ3v) is 5.72. The number of carbonyl (C=O) groups is 2. The Bertz CT molecular complexity index is 925. The Hall–Kier alpha value is -3.09. The minimum Gasteiger partial charge on any atom is -0.445 e. The van der Waals surface area contributed by atoms with E-state index in [-0.39, 0.29) is 24.8 Å². The molecule has 3 rings (SSSR count). The second-order valence-corrected chi connectivity index (χ2v) is 9.45. The summed E-state index contributed by atoms with van der Waals surface area (Å²) in [5, 5.41) is 0. The third kappa shape index (κ3) is 6.46. The summed E-state index contributed by atoms with van der Waals surface area (Å²) in [6.45, 7) is 10.4. The second kappa shape index (κ2) is 10.7. The highest BCUT2D eigenvalue weighted by molar-refractivity contribution is 5.87. The monoisotopic (exact) mass is 453 g/mol. The topological polar surface area (TPSA) is 72.0 Å². The Balaban J connectivity index is 1.71. The van der Waals surface area contributed by atoms with Crippen molar-refractivity contribution in [2.24, 2.45) is 0 Å². The molecule has 1 aliphatic heterocycles. The fraction of sp³-hybridized carbons (Fsp3) is 0.500. The molecule has 2 amide bonds. The van der Waals surface area contributed by atoms with Gasteiger partial charge in [-0.25, -0.2) is 14.6 Å². The van der Waals surface area contributed by atoms with Crippen LogP contribution in [0.2, 0.25) is 0 Å². The van der Waals surface area contributed by atoms with E-state index in [2.05, 4.69) is 4.98 Å². The molecule has 33 heavy (non-hydrogen) atoms. The van der Waals surface area contributed by atoms with Crippen molar-refractivity contribution in [1.82, 2.24) is 9.88 Å². The number of benzene rings is 1. The summed E-state index contributed by atoms with van der Waals surface area (Å²) in [5.41, 5.74) is 1.30. The van der Waals surface area contributed by atoms with Gasteiger partial charge in [0.25, 0.3) is 0 Å². The normalized spacial score (nSPS) is 16.9. The van der Waals surface area contributed by atoms with Crippen LogP contribution < -0.4 is 4.90 Å². The molecule has 2 aromatic rings. The van der Waals surface area contributed by atoms with Crippen molar-refractivity contribution in [2.45, 2.75) is 78.2 Å². The highest BCUT2D eigenvalue weighted by Gasteiger charge is 2.32. The fourth-order valence-corrected chi connectivity index (χ4v) is 3.86. The molecule has 1 fully saturated rings. The van der Waals surface area contributed by atoms with Gasteiger partial charge in [0.05, 0.1) is 6.04 Å². The van der Waals surface area contributed by atoms with Gasteiger partial charge in [-0.2, -0.15) is 0 Å². The van der Waals surface area contributed by atoms with Gasteiger partial charge in [-0.1, -0.05) is 43.3 Å². The van der Waals surface area contributed by atoms with Crippen LogP contribution in [0.15, 0.2) is 48.7 Å². The first kappa shape index (κ1) is 24.6. The molecule has 1 aromatic heterocycles. The summed E-state index contributed by atoms with van der Waals surface area (Å²) in [7, 11) is 0. The number of hydrogen-bond acceptors (Lipinski definition) is 5. The van der Waals surface area contributed by atoms with Gasteiger partial charge in [-0.3, -0.25) is 4.90 Å². The van der Waals surface area contributed by atoms with Crippen molar-refractivity contribution in [1.29, 1.82) is 0 Å². The van der Waals surface area contributed by atoms with Gasteiger partial charge in [-0.05, 0) is 64.2 Å². The van der Waals surface area contributed by atoms with Crippen LogP contribution in [0.1, 0.15) is 71.0 Å². The zero-order chi connectivity index (χ0) is 24.0. The van der Waals surface area contributed by atoms with E-state index < -0.39 is 11.7 Å². The SMILES string of the molecule is CC[C@H](C)N(C(=O)OC(C)(C)C)c1ccc([C@H]2CCCN2C(=O)OCc2ccccc2)cn1. The Morgan fingerprint density at radius 1 is 1.18 bits per heavy atom. The quantitative estimate of drug-likeness (QED) is 0.529. The first-order valence-corrected chi connectivity index (χ1v) is 11.6. The van der Waals surface area contributed by atoms with Crippen LogP contribution >= 0.6 is 0 Å². The fourth-order valence-electron chi connectivity index (χ4n) is 3.86. The molecule has 7 heteroatoms. The van der Waals surface area contributed by atoms with Crippen LogP contribution in [0.25, 0.3) is 0 Å². The number of carbonyl (C=O) groups excluding carboxylic acids is 2. The van der Waals surface area contributed by atoms with E-state index in [1.54, 1.807) is 16.0 Å². The molecule has 0 spiro atoms. The minimum atomic E-state index is -0.590. The maximum absolute atomic E-state index is 12.8. The summed E-state index contributed by atoms with van der Waals surface area (Å²) < 4.78 is 11.1. The zero-order valence-electron chi connectivity index (χ0n) is 20.3. The van der Waals surface area contributed by atoms with Gasteiger partial charge in [0.15, 0.2) is 0 Å². The molecule has 178 valence electrons. The molecular formula is C26H35N3O4. The van der Waals surface area contributed by atoms with Crippen LogP contribution in [-0.2, 0) is 16.1 Å². The van der Waals surface area contributed by atoms with E-state index in [9.17, 15) is 9.59 Å². The number of nitrogens with zero attached hydrogens (tertiary/aromatic N) is 3. The summed E-state index contributed by atoms with van der Waals surface area (Å²) in [4.78, 5) is 33.5. The molecule has 0 aliphatic carbocycles. The number of aromatic nitrogens is 1. The maximum Gasteiger partial charge on any atom is 0.416 e. The Kier molecular flexibility index (Phi) is 7.95. The van der Waals surface area contributed by atoms with E-state index in [0.29, 0.717) is 12.4 Å². The lowest BCUT2D eigenvalue weighted by molar-refractivity contribution is 0.0565. The van der Waals surface area contributed by atoms with Gasteiger partial charge in [-0.15, -0.1) is 0 Å². The standard InChI is InChI=1S/C26H35N3O4/c1-6-19(2)29(25(31)33-26(3,4)5)23-15-14-21(17-27-23)22-13-10-16-28(22)24(30)32-18-20-11-8-7-9-12-20/h7-9,11-12,14-15,17,19,22H,6,10,13,16,18H2,1-5H3/t19-,22+/m0/s1. The third-order valence-electron chi connectivity index (χ3n) is 5.72. The van der Waals surface area contributed by atoms with Gasteiger partial charge < -0.3 is 14.4 Å². The Morgan fingerprint density at radius 3 is 2.52 bits per heavy atom. The second-order valence-electron chi connectivity index (χ2n) is 9.45. The summed E-state index contributed by atoms with van der Waals surface area (Å²) >= 11 is 0. The summed E-state index contributed by atoms with van der Waals surface area (Å²) in [6, 6.07) is 13.3. The average molecular weight is 454 g/mol. The zero-order valence-corrected chi connectivity index (χ0v) is 20.3. The number of pyridine rings is 1. The molecule has 1 aliphatic rings. The Labute approximate surface area is 196 Å². The van der Waals surface area contributed by atoms with Crippen molar-refractivity contribution < 1.29 is 19.1 Å². The van der Waals surface area contributed by atoms with Gasteiger partial charge in [0.2, 0.25) is 0 Å².